The number of amides is 2. The van der Waals surface area contributed by atoms with E-state index in [0.29, 0.717) is 50.9 Å². The maximum absolute atomic E-state index is 12.9. The molecule has 12 heteroatoms. The number of benzene rings is 1. The number of piperazine rings is 2. The van der Waals surface area contributed by atoms with Crippen LogP contribution in [0, 0.1) is 0 Å². The lowest BCUT2D eigenvalue weighted by molar-refractivity contribution is -0.128. The van der Waals surface area contributed by atoms with Crippen molar-refractivity contribution in [2.24, 2.45) is 0 Å². The molecule has 1 atom stereocenters. The van der Waals surface area contributed by atoms with Crippen LogP contribution >= 0.6 is 0 Å². The monoisotopic (exact) mass is 560 g/mol. The topological polar surface area (TPSA) is 116 Å². The van der Waals surface area contributed by atoms with Gasteiger partial charge in [0.2, 0.25) is 11.9 Å². The molecule has 2 amide bonds. The van der Waals surface area contributed by atoms with E-state index in [9.17, 15) is 14.4 Å². The zero-order chi connectivity index (χ0) is 28.9. The Kier molecular flexibility index (Phi) is 8.48. The van der Waals surface area contributed by atoms with Gasteiger partial charge < -0.3 is 24.8 Å². The highest BCUT2D eigenvalue weighted by atomic mass is 16.5. The maximum Gasteiger partial charge on any atom is 0.409 e. The third-order valence-corrected chi connectivity index (χ3v) is 7.79. The van der Waals surface area contributed by atoms with Crippen molar-refractivity contribution in [3.8, 4) is 0 Å². The van der Waals surface area contributed by atoms with Gasteiger partial charge in [-0.25, -0.2) is 9.78 Å². The molecule has 0 aliphatic carbocycles. The number of anilines is 3. The number of rotatable bonds is 7. The fraction of sp³-hybridized carbons (Fsp3) is 0.414. The number of methoxy groups -OCH3 is 1. The van der Waals surface area contributed by atoms with Gasteiger partial charge in [0.1, 0.15) is 5.65 Å². The number of carbonyl (C=O) groups is 2. The molecule has 0 radical (unpaired) electrons. The van der Waals surface area contributed by atoms with Crippen molar-refractivity contribution in [1.82, 2.24) is 29.2 Å². The first-order valence-corrected chi connectivity index (χ1v) is 13.8. The van der Waals surface area contributed by atoms with E-state index in [2.05, 4.69) is 33.6 Å². The molecule has 0 bridgehead atoms. The van der Waals surface area contributed by atoms with Gasteiger partial charge in [-0.05, 0) is 43.3 Å². The molecule has 2 aliphatic rings. The molecule has 2 fully saturated rings. The second kappa shape index (κ2) is 12.4. The average Bonchev–Trinajstić information content (AvgIpc) is 3.00. The Morgan fingerprint density at radius 2 is 1.76 bits per heavy atom. The second-order valence-electron chi connectivity index (χ2n) is 10.3. The van der Waals surface area contributed by atoms with E-state index in [4.69, 9.17) is 9.72 Å². The Morgan fingerprint density at radius 3 is 2.44 bits per heavy atom. The van der Waals surface area contributed by atoms with Crippen molar-refractivity contribution < 1.29 is 14.3 Å². The fourth-order valence-corrected chi connectivity index (χ4v) is 5.39. The van der Waals surface area contributed by atoms with E-state index < -0.39 is 0 Å². The number of ether oxygens (including phenoxy) is 1. The molecule has 3 aromatic rings. The molecule has 1 N–H and O–H groups in total. The van der Waals surface area contributed by atoms with E-state index in [1.807, 2.05) is 24.3 Å². The molecular formula is C29H36N8O4. The number of pyridine rings is 1. The number of aromatic nitrogens is 3. The minimum Gasteiger partial charge on any atom is -0.453 e. The van der Waals surface area contributed by atoms with Gasteiger partial charge in [-0.2, -0.15) is 4.98 Å². The highest BCUT2D eigenvalue weighted by Crippen LogP contribution is 2.22. The molecule has 0 unspecified atom stereocenters. The Balaban J connectivity index is 1.25. The first kappa shape index (κ1) is 28.1. The highest BCUT2D eigenvalue weighted by Gasteiger charge is 2.25. The van der Waals surface area contributed by atoms with E-state index >= 15 is 0 Å². The van der Waals surface area contributed by atoms with E-state index in [0.717, 1.165) is 36.4 Å². The Hall–Kier alpha value is -4.45. The summed E-state index contributed by atoms with van der Waals surface area (Å²) in [5.74, 6) is 0.354. The molecule has 41 heavy (non-hydrogen) atoms. The van der Waals surface area contributed by atoms with Crippen LogP contribution in [0.1, 0.15) is 6.92 Å². The van der Waals surface area contributed by atoms with Gasteiger partial charge in [0.05, 0.1) is 7.11 Å². The summed E-state index contributed by atoms with van der Waals surface area (Å²) in [6.07, 6.45) is 2.78. The van der Waals surface area contributed by atoms with E-state index in [1.54, 1.807) is 32.7 Å². The first-order chi connectivity index (χ1) is 19.9. The predicted molar refractivity (Wildman–Crippen MR) is 158 cm³/mol. The molecule has 12 nitrogen and oxygen atoms in total. The van der Waals surface area contributed by atoms with Gasteiger partial charge in [-0.3, -0.25) is 19.1 Å². The molecule has 0 saturated carbocycles. The Labute approximate surface area is 238 Å². The number of fused-ring (bicyclic) bond motifs is 1. The van der Waals surface area contributed by atoms with E-state index in [-0.39, 0.29) is 23.6 Å². The molecule has 2 aliphatic heterocycles. The zero-order valence-corrected chi connectivity index (χ0v) is 23.5. The van der Waals surface area contributed by atoms with Crippen LogP contribution in [0.4, 0.5) is 22.1 Å². The lowest BCUT2D eigenvalue weighted by Gasteiger charge is -2.39. The molecular weight excluding hydrogens is 524 g/mol. The van der Waals surface area contributed by atoms with Crippen molar-refractivity contribution in [2.75, 3.05) is 69.7 Å². The third-order valence-electron chi connectivity index (χ3n) is 7.79. The van der Waals surface area contributed by atoms with Crippen molar-refractivity contribution in [2.45, 2.75) is 19.5 Å². The molecule has 4 heterocycles. The summed E-state index contributed by atoms with van der Waals surface area (Å²) in [5.41, 5.74) is 2.35. The van der Waals surface area contributed by atoms with Crippen LogP contribution in [0.3, 0.4) is 0 Å². The Bertz CT molecular complexity index is 1470. The molecule has 2 saturated heterocycles. The highest BCUT2D eigenvalue weighted by molar-refractivity contribution is 5.87. The number of nitrogens with one attached hydrogen (secondary N) is 1. The number of carbonyl (C=O) groups excluding carboxylic acids is 2. The van der Waals surface area contributed by atoms with Gasteiger partial charge in [-0.15, -0.1) is 0 Å². The van der Waals surface area contributed by atoms with Crippen LogP contribution in [0.5, 0.6) is 0 Å². The molecule has 5 rings (SSSR count). The maximum atomic E-state index is 12.9. The fourth-order valence-electron chi connectivity index (χ4n) is 5.39. The summed E-state index contributed by atoms with van der Waals surface area (Å²) in [7, 11) is 1.40. The standard InChI is InChI=1S/C29H36N8O4/c1-4-25(38)36-16-11-33(21(2)20-36)17-18-37-26(39)10-5-22-19-30-28(32-27(22)37)31-23-6-8-24(9-7-23)34-12-14-35(15-13-34)29(40)41-3/h4-10,19,21H,1,11-18,20H2,2-3H3,(H,30,31,32)/t21-/m0/s1. The SMILES string of the molecule is C=CC(=O)N1CCN(CCn2c(=O)ccc3cnc(Nc4ccc(N5CCN(C(=O)OC)CC5)cc4)nc32)[C@@H](C)C1. The normalized spacial score (nSPS) is 17.9. The summed E-state index contributed by atoms with van der Waals surface area (Å²) in [6, 6.07) is 11.4. The minimum atomic E-state index is -0.292. The zero-order valence-electron chi connectivity index (χ0n) is 23.5. The van der Waals surface area contributed by atoms with Crippen molar-refractivity contribution >= 4 is 40.4 Å². The summed E-state index contributed by atoms with van der Waals surface area (Å²) >= 11 is 0. The summed E-state index contributed by atoms with van der Waals surface area (Å²) in [4.78, 5) is 53.8. The van der Waals surface area contributed by atoms with Gasteiger partial charge >= 0.3 is 6.09 Å². The quantitative estimate of drug-likeness (QED) is 0.434. The largest absolute Gasteiger partial charge is 0.453 e. The average molecular weight is 561 g/mol. The van der Waals surface area contributed by atoms with Gasteiger partial charge in [-0.1, -0.05) is 6.58 Å². The van der Waals surface area contributed by atoms with Gasteiger partial charge in [0.15, 0.2) is 0 Å². The number of nitrogens with zero attached hydrogens (tertiary/aromatic N) is 7. The van der Waals surface area contributed by atoms with Crippen LogP contribution in [0.2, 0.25) is 0 Å². The van der Waals surface area contributed by atoms with Gasteiger partial charge in [0.25, 0.3) is 5.56 Å². The third kappa shape index (κ3) is 6.32. The number of hydrogen-bond acceptors (Lipinski definition) is 9. The molecule has 2 aromatic heterocycles. The predicted octanol–water partition coefficient (Wildman–Crippen LogP) is 2.14. The number of hydrogen-bond donors (Lipinski definition) is 1. The van der Waals surface area contributed by atoms with Crippen molar-refractivity contribution in [3.63, 3.8) is 0 Å². The van der Waals surface area contributed by atoms with Crippen LogP contribution in [-0.2, 0) is 16.1 Å². The molecule has 216 valence electrons. The lowest BCUT2D eigenvalue weighted by Crippen LogP contribution is -2.54. The molecule has 1 aromatic carbocycles. The lowest BCUT2D eigenvalue weighted by atomic mass is 10.2. The van der Waals surface area contributed by atoms with Crippen molar-refractivity contribution in [3.05, 3.63) is 65.6 Å². The van der Waals surface area contributed by atoms with Crippen molar-refractivity contribution in [1.29, 1.82) is 0 Å². The Morgan fingerprint density at radius 1 is 1.02 bits per heavy atom. The summed E-state index contributed by atoms with van der Waals surface area (Å²) < 4.78 is 6.50. The van der Waals surface area contributed by atoms with Gasteiger partial charge in [0, 0.05) is 94.0 Å². The summed E-state index contributed by atoms with van der Waals surface area (Å²) in [6.45, 7) is 11.5. The van der Waals surface area contributed by atoms with Crippen LogP contribution in [-0.4, -0.2) is 107 Å². The second-order valence-corrected chi connectivity index (χ2v) is 10.3. The van der Waals surface area contributed by atoms with Crippen LogP contribution in [0.25, 0.3) is 11.0 Å². The molecule has 0 spiro atoms. The smallest absolute Gasteiger partial charge is 0.409 e. The minimum absolute atomic E-state index is 0.0494. The van der Waals surface area contributed by atoms with E-state index in [1.165, 1.54) is 13.2 Å². The summed E-state index contributed by atoms with van der Waals surface area (Å²) in [5, 5.41) is 4.04. The first-order valence-electron chi connectivity index (χ1n) is 13.8. The van der Waals surface area contributed by atoms with Crippen LogP contribution in [0.15, 0.2) is 60.0 Å². The van der Waals surface area contributed by atoms with Crippen LogP contribution < -0.4 is 15.8 Å².